The van der Waals surface area contributed by atoms with Crippen molar-refractivity contribution in [2.75, 3.05) is 10.8 Å². The minimum atomic E-state index is -4.26. The van der Waals surface area contributed by atoms with Crippen LogP contribution in [0.3, 0.4) is 0 Å². The van der Waals surface area contributed by atoms with Gasteiger partial charge in [0.15, 0.2) is 0 Å². The first-order valence-corrected chi connectivity index (χ1v) is 18.5. The quantitative estimate of drug-likeness (QED) is 0.159. The molecule has 1 aliphatic rings. The lowest BCUT2D eigenvalue weighted by molar-refractivity contribution is -0.140. The van der Waals surface area contributed by atoms with E-state index in [0.29, 0.717) is 26.3 Å². The maximum atomic E-state index is 14.7. The summed E-state index contributed by atoms with van der Waals surface area (Å²) in [5.74, 6) is -0.908. The molecular formula is C37H38Cl3N3O4S. The second-order valence-electron chi connectivity index (χ2n) is 12.1. The minimum absolute atomic E-state index is 0.0144. The highest BCUT2D eigenvalue weighted by atomic mass is 35.5. The van der Waals surface area contributed by atoms with E-state index in [1.165, 1.54) is 29.2 Å². The number of halogens is 3. The number of hydrogen-bond acceptors (Lipinski definition) is 4. The van der Waals surface area contributed by atoms with Crippen molar-refractivity contribution >= 4 is 62.3 Å². The molecular weight excluding hydrogens is 689 g/mol. The van der Waals surface area contributed by atoms with Crippen LogP contribution in [-0.4, -0.2) is 43.8 Å². The number of carbonyl (C=O) groups is 2. The fourth-order valence-electron chi connectivity index (χ4n) is 6.00. The van der Waals surface area contributed by atoms with Crippen LogP contribution in [0.2, 0.25) is 15.1 Å². The molecule has 2 amide bonds. The van der Waals surface area contributed by atoms with E-state index in [-0.39, 0.29) is 29.8 Å². The van der Waals surface area contributed by atoms with Crippen LogP contribution in [-0.2, 0) is 32.6 Å². The summed E-state index contributed by atoms with van der Waals surface area (Å²) >= 11 is 19.3. The Kier molecular flexibility index (Phi) is 12.1. The zero-order valence-electron chi connectivity index (χ0n) is 26.6. The molecule has 0 unspecified atom stereocenters. The summed E-state index contributed by atoms with van der Waals surface area (Å²) in [6.45, 7) is 1.14. The Morgan fingerprint density at radius 1 is 0.833 bits per heavy atom. The van der Waals surface area contributed by atoms with Crippen LogP contribution in [0.15, 0.2) is 102 Å². The molecule has 252 valence electrons. The van der Waals surface area contributed by atoms with Crippen molar-refractivity contribution in [2.45, 2.75) is 69.0 Å². The molecule has 5 rings (SSSR count). The zero-order valence-corrected chi connectivity index (χ0v) is 29.7. The molecule has 0 aliphatic heterocycles. The van der Waals surface area contributed by atoms with Gasteiger partial charge in [-0.05, 0) is 79.4 Å². The first kappa shape index (κ1) is 35.7. The number of carbonyl (C=O) groups excluding carboxylic acids is 2. The van der Waals surface area contributed by atoms with Gasteiger partial charge in [0.25, 0.3) is 10.0 Å². The molecule has 7 nitrogen and oxygen atoms in total. The van der Waals surface area contributed by atoms with E-state index in [9.17, 15) is 18.0 Å². The molecule has 0 aromatic heterocycles. The number of benzene rings is 4. The Morgan fingerprint density at radius 3 is 2.12 bits per heavy atom. The third-order valence-corrected chi connectivity index (χ3v) is 11.3. The molecule has 4 aromatic carbocycles. The molecule has 1 saturated carbocycles. The fraction of sp³-hybridized carbons (Fsp3) is 0.297. The molecule has 0 bridgehead atoms. The second kappa shape index (κ2) is 16.2. The van der Waals surface area contributed by atoms with Crippen molar-refractivity contribution in [2.24, 2.45) is 0 Å². The van der Waals surface area contributed by atoms with Crippen molar-refractivity contribution in [3.63, 3.8) is 0 Å². The SMILES string of the molecule is Cc1cccc(N(CC(=O)N(Cc2c(Cl)cccc2Cl)[C@@H](Cc2ccccc2)C(=O)NC2CCCCC2)S(=O)(=O)c2ccc(Cl)cc2)c1. The number of amides is 2. The number of rotatable bonds is 12. The lowest BCUT2D eigenvalue weighted by atomic mass is 9.94. The number of hydrogen-bond donors (Lipinski definition) is 1. The van der Waals surface area contributed by atoms with E-state index in [2.05, 4.69) is 5.32 Å². The molecule has 1 fully saturated rings. The Balaban J connectivity index is 1.59. The van der Waals surface area contributed by atoms with Gasteiger partial charge in [-0.25, -0.2) is 8.42 Å². The van der Waals surface area contributed by atoms with Crippen molar-refractivity contribution in [1.29, 1.82) is 0 Å². The highest BCUT2D eigenvalue weighted by molar-refractivity contribution is 7.92. The molecule has 4 aromatic rings. The van der Waals surface area contributed by atoms with Crippen LogP contribution < -0.4 is 9.62 Å². The van der Waals surface area contributed by atoms with Gasteiger partial charge < -0.3 is 10.2 Å². The van der Waals surface area contributed by atoms with Crippen molar-refractivity contribution in [1.82, 2.24) is 10.2 Å². The summed E-state index contributed by atoms with van der Waals surface area (Å²) in [6, 6.07) is 26.2. The molecule has 0 spiro atoms. The smallest absolute Gasteiger partial charge is 0.264 e. The van der Waals surface area contributed by atoms with Crippen LogP contribution in [0.1, 0.15) is 48.8 Å². The Labute approximate surface area is 297 Å². The van der Waals surface area contributed by atoms with Crippen molar-refractivity contribution in [3.05, 3.63) is 129 Å². The number of nitrogens with zero attached hydrogens (tertiary/aromatic N) is 2. The summed E-state index contributed by atoms with van der Waals surface area (Å²) in [7, 11) is -4.26. The Morgan fingerprint density at radius 2 is 1.48 bits per heavy atom. The van der Waals surface area contributed by atoms with Crippen LogP contribution in [0.4, 0.5) is 5.69 Å². The van der Waals surface area contributed by atoms with Gasteiger partial charge in [0.2, 0.25) is 11.8 Å². The van der Waals surface area contributed by atoms with E-state index < -0.39 is 28.5 Å². The average Bonchev–Trinajstić information content (AvgIpc) is 3.07. The maximum Gasteiger partial charge on any atom is 0.264 e. The summed E-state index contributed by atoms with van der Waals surface area (Å²) in [5, 5.41) is 4.24. The van der Waals surface area contributed by atoms with Crippen LogP contribution in [0, 0.1) is 6.92 Å². The molecule has 1 aliphatic carbocycles. The third-order valence-electron chi connectivity index (χ3n) is 8.58. The standard InChI is InChI=1S/C37H38Cl3N3O4S/c1-26-10-8-15-30(22-26)43(48(46,47)31-20-18-28(38)19-21-31)25-36(44)42(24-32-33(39)16-9-17-34(32)40)35(23-27-11-4-2-5-12-27)37(45)41-29-13-6-3-7-14-29/h2,4-5,8-12,15-22,29,35H,3,6-7,13-14,23-25H2,1H3,(H,41,45)/t35-/m0/s1. The lowest BCUT2D eigenvalue weighted by Crippen LogP contribution is -2.55. The van der Waals surface area contributed by atoms with Gasteiger partial charge in [0, 0.05) is 39.6 Å². The van der Waals surface area contributed by atoms with Gasteiger partial charge in [-0.3, -0.25) is 13.9 Å². The zero-order chi connectivity index (χ0) is 34.3. The summed E-state index contributed by atoms with van der Waals surface area (Å²) < 4.78 is 29.5. The van der Waals surface area contributed by atoms with E-state index in [0.717, 1.165) is 47.5 Å². The highest BCUT2D eigenvalue weighted by Gasteiger charge is 2.36. The Hall–Kier alpha value is -3.56. The second-order valence-corrected chi connectivity index (χ2v) is 15.2. The number of aryl methyl sites for hydroxylation is 1. The molecule has 1 N–H and O–H groups in total. The van der Waals surface area contributed by atoms with Crippen LogP contribution >= 0.6 is 34.8 Å². The van der Waals surface area contributed by atoms with Crippen molar-refractivity contribution < 1.29 is 18.0 Å². The van der Waals surface area contributed by atoms with Gasteiger partial charge in [-0.2, -0.15) is 0 Å². The Bertz CT molecular complexity index is 1810. The normalized spacial score (nSPS) is 14.2. The topological polar surface area (TPSA) is 86.8 Å². The lowest BCUT2D eigenvalue weighted by Gasteiger charge is -2.35. The summed E-state index contributed by atoms with van der Waals surface area (Å²) in [5.41, 5.74) is 2.42. The monoisotopic (exact) mass is 725 g/mol. The van der Waals surface area contributed by atoms with Crippen LogP contribution in [0.25, 0.3) is 0 Å². The first-order valence-electron chi connectivity index (χ1n) is 15.9. The predicted molar refractivity (Wildman–Crippen MR) is 193 cm³/mol. The molecule has 0 heterocycles. The van der Waals surface area contributed by atoms with Gasteiger partial charge >= 0.3 is 0 Å². The molecule has 0 radical (unpaired) electrons. The number of anilines is 1. The van der Waals surface area contributed by atoms with Gasteiger partial charge in [-0.15, -0.1) is 0 Å². The largest absolute Gasteiger partial charge is 0.352 e. The predicted octanol–water partition coefficient (Wildman–Crippen LogP) is 8.24. The molecule has 48 heavy (non-hydrogen) atoms. The number of sulfonamides is 1. The maximum absolute atomic E-state index is 14.7. The van der Waals surface area contributed by atoms with Gasteiger partial charge in [0.1, 0.15) is 12.6 Å². The van der Waals surface area contributed by atoms with E-state index in [1.54, 1.807) is 36.4 Å². The summed E-state index contributed by atoms with van der Waals surface area (Å²) in [4.78, 5) is 30.4. The van der Waals surface area contributed by atoms with Gasteiger partial charge in [0.05, 0.1) is 10.6 Å². The highest BCUT2D eigenvalue weighted by Crippen LogP contribution is 2.30. The van der Waals surface area contributed by atoms with Crippen LogP contribution in [0.5, 0.6) is 0 Å². The van der Waals surface area contributed by atoms with Crippen molar-refractivity contribution in [3.8, 4) is 0 Å². The van der Waals surface area contributed by atoms with E-state index in [4.69, 9.17) is 34.8 Å². The molecule has 1 atom stereocenters. The fourth-order valence-corrected chi connectivity index (χ4v) is 8.05. The minimum Gasteiger partial charge on any atom is -0.352 e. The van der Waals surface area contributed by atoms with E-state index >= 15 is 0 Å². The molecule has 11 heteroatoms. The summed E-state index contributed by atoms with van der Waals surface area (Å²) in [6.07, 6.45) is 5.05. The van der Waals surface area contributed by atoms with Gasteiger partial charge in [-0.1, -0.05) is 103 Å². The number of nitrogens with one attached hydrogen (secondary N) is 1. The molecule has 0 saturated heterocycles. The average molecular weight is 727 g/mol. The third kappa shape index (κ3) is 8.91. The first-order chi connectivity index (χ1) is 23.0. The van der Waals surface area contributed by atoms with E-state index in [1.807, 2.05) is 43.3 Å².